The van der Waals surface area contributed by atoms with E-state index >= 15 is 0 Å². The van der Waals surface area contributed by atoms with E-state index in [9.17, 15) is 4.79 Å². The SMILES string of the molecule is O=C(N[C@H]1CCN(c2ccc(Cl)cc2Cl)C1)c1cnns1. The standard InChI is InChI=1S/C13H12Cl2N4OS/c14-8-1-2-11(10(15)5-8)19-4-3-9(7-19)17-13(20)12-6-16-18-21-12/h1-2,5-6,9H,3-4,7H2,(H,17,20)/t9-/m0/s1. The summed E-state index contributed by atoms with van der Waals surface area (Å²) in [5.74, 6) is -0.126. The van der Waals surface area contributed by atoms with E-state index in [-0.39, 0.29) is 11.9 Å². The molecule has 1 N–H and O–H groups in total. The van der Waals surface area contributed by atoms with Crippen LogP contribution in [0.4, 0.5) is 5.69 Å². The first-order valence-corrected chi connectivity index (χ1v) is 7.94. The molecule has 1 fully saturated rings. The van der Waals surface area contributed by atoms with E-state index < -0.39 is 0 Å². The van der Waals surface area contributed by atoms with Crippen LogP contribution < -0.4 is 10.2 Å². The highest BCUT2D eigenvalue weighted by molar-refractivity contribution is 7.07. The van der Waals surface area contributed by atoms with E-state index in [0.717, 1.165) is 36.7 Å². The van der Waals surface area contributed by atoms with Crippen molar-refractivity contribution in [2.24, 2.45) is 0 Å². The van der Waals surface area contributed by atoms with Crippen molar-refractivity contribution in [3.8, 4) is 0 Å². The number of nitrogens with one attached hydrogen (secondary N) is 1. The Labute approximate surface area is 136 Å². The molecule has 1 aliphatic rings. The van der Waals surface area contributed by atoms with E-state index in [1.165, 1.54) is 6.20 Å². The molecular formula is C13H12Cl2N4OS. The molecule has 0 saturated carbocycles. The first kappa shape index (κ1) is 14.6. The predicted molar refractivity (Wildman–Crippen MR) is 84.5 cm³/mol. The highest BCUT2D eigenvalue weighted by atomic mass is 35.5. The van der Waals surface area contributed by atoms with Crippen LogP contribution in [0.3, 0.4) is 0 Å². The van der Waals surface area contributed by atoms with E-state index in [4.69, 9.17) is 23.2 Å². The number of carbonyl (C=O) groups excluding carboxylic acids is 1. The van der Waals surface area contributed by atoms with Crippen LogP contribution in [0.25, 0.3) is 0 Å². The summed E-state index contributed by atoms with van der Waals surface area (Å²) in [6, 6.07) is 5.54. The van der Waals surface area contributed by atoms with Crippen molar-refractivity contribution in [1.82, 2.24) is 14.9 Å². The molecule has 1 aliphatic heterocycles. The van der Waals surface area contributed by atoms with Gasteiger partial charge in [0.15, 0.2) is 0 Å². The van der Waals surface area contributed by atoms with Crippen molar-refractivity contribution >= 4 is 46.3 Å². The second-order valence-corrected chi connectivity index (χ2v) is 6.41. The third kappa shape index (κ3) is 3.28. The van der Waals surface area contributed by atoms with Crippen LogP contribution in [0.1, 0.15) is 16.1 Å². The fourth-order valence-electron chi connectivity index (χ4n) is 2.36. The summed E-state index contributed by atoms with van der Waals surface area (Å²) < 4.78 is 3.69. The summed E-state index contributed by atoms with van der Waals surface area (Å²) in [6.07, 6.45) is 2.35. The number of hydrogen-bond acceptors (Lipinski definition) is 5. The summed E-state index contributed by atoms with van der Waals surface area (Å²) in [5.41, 5.74) is 0.942. The zero-order valence-electron chi connectivity index (χ0n) is 10.9. The van der Waals surface area contributed by atoms with Gasteiger partial charge in [-0.3, -0.25) is 4.79 Å². The minimum Gasteiger partial charge on any atom is -0.368 e. The molecule has 8 heteroatoms. The van der Waals surface area contributed by atoms with Crippen molar-refractivity contribution in [2.45, 2.75) is 12.5 Å². The number of nitrogens with zero attached hydrogens (tertiary/aromatic N) is 3. The van der Waals surface area contributed by atoms with Crippen LogP contribution in [0.2, 0.25) is 10.0 Å². The van der Waals surface area contributed by atoms with Crippen LogP contribution >= 0.6 is 34.7 Å². The summed E-state index contributed by atoms with van der Waals surface area (Å²) in [4.78, 5) is 14.6. The number of carbonyl (C=O) groups is 1. The van der Waals surface area contributed by atoms with E-state index in [1.54, 1.807) is 6.07 Å². The lowest BCUT2D eigenvalue weighted by molar-refractivity contribution is 0.0944. The average molecular weight is 343 g/mol. The van der Waals surface area contributed by atoms with Crippen LogP contribution in [0.5, 0.6) is 0 Å². The smallest absolute Gasteiger partial charge is 0.264 e. The van der Waals surface area contributed by atoms with Crippen LogP contribution in [-0.4, -0.2) is 34.6 Å². The molecule has 2 aromatic rings. The molecule has 1 atom stereocenters. The topological polar surface area (TPSA) is 58.1 Å². The molecule has 1 aromatic heterocycles. The van der Waals surface area contributed by atoms with Gasteiger partial charge in [0, 0.05) is 24.2 Å². The molecule has 2 heterocycles. The molecule has 1 saturated heterocycles. The molecule has 21 heavy (non-hydrogen) atoms. The number of hydrogen-bond donors (Lipinski definition) is 1. The summed E-state index contributed by atoms with van der Waals surface area (Å²) >= 11 is 13.2. The summed E-state index contributed by atoms with van der Waals surface area (Å²) in [7, 11) is 0. The van der Waals surface area contributed by atoms with Gasteiger partial charge < -0.3 is 10.2 Å². The van der Waals surface area contributed by atoms with Crippen molar-refractivity contribution in [1.29, 1.82) is 0 Å². The first-order chi connectivity index (χ1) is 10.1. The minimum atomic E-state index is -0.126. The third-order valence-corrected chi connectivity index (χ3v) is 4.56. The van der Waals surface area contributed by atoms with Gasteiger partial charge in [-0.2, -0.15) is 0 Å². The Balaban J connectivity index is 1.64. The normalized spacial score (nSPS) is 18.0. The predicted octanol–water partition coefficient (Wildman–Crippen LogP) is 2.85. The molecule has 1 aromatic carbocycles. The van der Waals surface area contributed by atoms with Gasteiger partial charge in [0.05, 0.1) is 16.9 Å². The molecule has 3 rings (SSSR count). The van der Waals surface area contributed by atoms with Crippen LogP contribution in [-0.2, 0) is 0 Å². The maximum absolute atomic E-state index is 12.0. The fourth-order valence-corrected chi connectivity index (χ4v) is 3.30. The summed E-state index contributed by atoms with van der Waals surface area (Å²) in [5, 5.41) is 7.90. The van der Waals surface area contributed by atoms with Gasteiger partial charge in [0.25, 0.3) is 5.91 Å². The number of aromatic nitrogens is 2. The van der Waals surface area contributed by atoms with Gasteiger partial charge in [-0.1, -0.05) is 27.7 Å². The lowest BCUT2D eigenvalue weighted by Crippen LogP contribution is -2.36. The fraction of sp³-hybridized carbons (Fsp3) is 0.308. The molecule has 0 spiro atoms. The number of anilines is 1. The van der Waals surface area contributed by atoms with Crippen LogP contribution in [0, 0.1) is 0 Å². The molecule has 1 amide bonds. The largest absolute Gasteiger partial charge is 0.368 e. The monoisotopic (exact) mass is 342 g/mol. The summed E-state index contributed by atoms with van der Waals surface area (Å²) in [6.45, 7) is 1.56. The Morgan fingerprint density at radius 3 is 3.00 bits per heavy atom. The Morgan fingerprint density at radius 2 is 2.29 bits per heavy atom. The Kier molecular flexibility index (Phi) is 4.28. The first-order valence-electron chi connectivity index (χ1n) is 6.41. The Bertz CT molecular complexity index is 650. The van der Waals surface area contributed by atoms with Crippen molar-refractivity contribution in [3.05, 3.63) is 39.3 Å². The number of benzene rings is 1. The molecule has 0 radical (unpaired) electrons. The molecule has 0 aliphatic carbocycles. The van der Waals surface area contributed by atoms with E-state index in [2.05, 4.69) is 19.8 Å². The number of rotatable bonds is 3. The minimum absolute atomic E-state index is 0.0892. The second kappa shape index (κ2) is 6.17. The zero-order valence-corrected chi connectivity index (χ0v) is 13.3. The lowest BCUT2D eigenvalue weighted by Gasteiger charge is -2.20. The zero-order chi connectivity index (χ0) is 14.8. The number of halogens is 2. The number of amides is 1. The quantitative estimate of drug-likeness (QED) is 0.931. The molecular weight excluding hydrogens is 331 g/mol. The van der Waals surface area contributed by atoms with Gasteiger partial charge in [0.2, 0.25) is 0 Å². The maximum atomic E-state index is 12.0. The molecule has 110 valence electrons. The average Bonchev–Trinajstić information content (AvgIpc) is 3.09. The van der Waals surface area contributed by atoms with Gasteiger partial charge in [-0.05, 0) is 36.2 Å². The van der Waals surface area contributed by atoms with Crippen LogP contribution in [0.15, 0.2) is 24.4 Å². The van der Waals surface area contributed by atoms with Crippen molar-refractivity contribution in [3.63, 3.8) is 0 Å². The highest BCUT2D eigenvalue weighted by Crippen LogP contribution is 2.31. The van der Waals surface area contributed by atoms with Gasteiger partial charge in [0.1, 0.15) is 4.88 Å². The van der Waals surface area contributed by atoms with E-state index in [0.29, 0.717) is 14.9 Å². The van der Waals surface area contributed by atoms with Gasteiger partial charge in [-0.25, -0.2) is 0 Å². The Hall–Kier alpha value is -1.37. The molecule has 0 bridgehead atoms. The van der Waals surface area contributed by atoms with Crippen molar-refractivity contribution < 1.29 is 4.79 Å². The maximum Gasteiger partial charge on any atom is 0.264 e. The Morgan fingerprint density at radius 1 is 1.43 bits per heavy atom. The lowest BCUT2D eigenvalue weighted by atomic mass is 10.2. The highest BCUT2D eigenvalue weighted by Gasteiger charge is 2.26. The van der Waals surface area contributed by atoms with E-state index in [1.807, 2.05) is 12.1 Å². The van der Waals surface area contributed by atoms with Gasteiger partial charge in [-0.15, -0.1) is 5.10 Å². The third-order valence-electron chi connectivity index (χ3n) is 3.36. The van der Waals surface area contributed by atoms with Gasteiger partial charge >= 0.3 is 0 Å². The van der Waals surface area contributed by atoms with Crippen molar-refractivity contribution in [2.75, 3.05) is 18.0 Å². The molecule has 0 unspecified atom stereocenters. The second-order valence-electron chi connectivity index (χ2n) is 4.78. The molecule has 5 nitrogen and oxygen atoms in total.